The van der Waals surface area contributed by atoms with Gasteiger partial charge in [-0.1, -0.05) is 13.3 Å². The molecule has 1 rings (SSSR count). The molecule has 4 nitrogen and oxygen atoms in total. The molecule has 0 spiro atoms. The lowest BCUT2D eigenvalue weighted by Crippen LogP contribution is -2.18. The summed E-state index contributed by atoms with van der Waals surface area (Å²) in [6.07, 6.45) is 3.66. The second-order valence-electron chi connectivity index (χ2n) is 3.21. The van der Waals surface area contributed by atoms with Crippen LogP contribution in [0.1, 0.15) is 26.1 Å². The lowest BCUT2D eigenvalue weighted by atomic mass is 10.0. The Morgan fingerprint density at radius 1 is 1.54 bits per heavy atom. The minimum atomic E-state index is 0.537. The third kappa shape index (κ3) is 2.52. The molecule has 0 amide bonds. The summed E-state index contributed by atoms with van der Waals surface area (Å²) in [5.74, 6) is 1.59. The van der Waals surface area contributed by atoms with Crippen LogP contribution >= 0.6 is 0 Å². The summed E-state index contributed by atoms with van der Waals surface area (Å²) in [5, 5.41) is 4.12. The van der Waals surface area contributed by atoms with E-state index >= 15 is 0 Å². The molecule has 1 unspecified atom stereocenters. The molecule has 0 bridgehead atoms. The third-order valence-corrected chi connectivity index (χ3v) is 2.38. The molecule has 0 fully saturated rings. The van der Waals surface area contributed by atoms with Crippen molar-refractivity contribution >= 4 is 0 Å². The molecular formula is C9H18N4. The van der Waals surface area contributed by atoms with Crippen molar-refractivity contribution in [1.29, 1.82) is 0 Å². The molecule has 0 saturated carbocycles. The van der Waals surface area contributed by atoms with Crippen LogP contribution in [0, 0.1) is 5.92 Å². The highest BCUT2D eigenvalue weighted by Gasteiger charge is 2.09. The van der Waals surface area contributed by atoms with Crippen molar-refractivity contribution in [2.45, 2.75) is 33.2 Å². The van der Waals surface area contributed by atoms with Gasteiger partial charge in [-0.25, -0.2) is 4.98 Å². The summed E-state index contributed by atoms with van der Waals surface area (Å²) in [7, 11) is 0. The van der Waals surface area contributed by atoms with E-state index in [9.17, 15) is 0 Å². The lowest BCUT2D eigenvalue weighted by Gasteiger charge is -2.11. The maximum atomic E-state index is 5.63. The Kier molecular flexibility index (Phi) is 3.89. The number of rotatable bonds is 5. The van der Waals surface area contributed by atoms with Crippen LogP contribution in [0.2, 0.25) is 0 Å². The number of hydrogen-bond acceptors (Lipinski definition) is 3. The van der Waals surface area contributed by atoms with Gasteiger partial charge >= 0.3 is 0 Å². The van der Waals surface area contributed by atoms with Crippen molar-refractivity contribution in [3.63, 3.8) is 0 Å². The first-order chi connectivity index (χ1) is 6.31. The van der Waals surface area contributed by atoms with Crippen LogP contribution in [0.15, 0.2) is 6.33 Å². The Morgan fingerprint density at radius 2 is 2.31 bits per heavy atom. The van der Waals surface area contributed by atoms with Crippen LogP contribution in [-0.4, -0.2) is 21.3 Å². The average Bonchev–Trinajstić information content (AvgIpc) is 2.61. The standard InChI is InChI=1S/C9H18N4/c1-3-8(6-10)5-9-11-7-12-13(9)4-2/h7-8H,3-6,10H2,1-2H3. The fourth-order valence-electron chi connectivity index (χ4n) is 1.36. The van der Waals surface area contributed by atoms with E-state index in [1.165, 1.54) is 0 Å². The quantitative estimate of drug-likeness (QED) is 0.733. The Labute approximate surface area is 79.2 Å². The predicted molar refractivity (Wildman–Crippen MR) is 52.2 cm³/mol. The third-order valence-electron chi connectivity index (χ3n) is 2.38. The molecule has 0 aliphatic rings. The minimum Gasteiger partial charge on any atom is -0.330 e. The van der Waals surface area contributed by atoms with Crippen molar-refractivity contribution in [2.24, 2.45) is 11.7 Å². The fourth-order valence-corrected chi connectivity index (χ4v) is 1.36. The minimum absolute atomic E-state index is 0.537. The van der Waals surface area contributed by atoms with Gasteiger partial charge in [0, 0.05) is 13.0 Å². The van der Waals surface area contributed by atoms with E-state index in [-0.39, 0.29) is 0 Å². The maximum Gasteiger partial charge on any atom is 0.138 e. The molecule has 1 atom stereocenters. The van der Waals surface area contributed by atoms with E-state index < -0.39 is 0 Å². The monoisotopic (exact) mass is 182 g/mol. The highest BCUT2D eigenvalue weighted by atomic mass is 15.3. The Balaban J connectivity index is 2.61. The van der Waals surface area contributed by atoms with Crippen LogP contribution in [0.4, 0.5) is 0 Å². The molecular weight excluding hydrogens is 164 g/mol. The summed E-state index contributed by atoms with van der Waals surface area (Å²) in [4.78, 5) is 4.22. The molecule has 4 heteroatoms. The smallest absolute Gasteiger partial charge is 0.138 e. The van der Waals surface area contributed by atoms with E-state index in [0.29, 0.717) is 5.92 Å². The van der Waals surface area contributed by atoms with Crippen LogP contribution in [0.3, 0.4) is 0 Å². The SMILES string of the molecule is CCC(CN)Cc1ncnn1CC. The van der Waals surface area contributed by atoms with Gasteiger partial charge in [0.15, 0.2) is 0 Å². The molecule has 74 valence electrons. The largest absolute Gasteiger partial charge is 0.330 e. The lowest BCUT2D eigenvalue weighted by molar-refractivity contribution is 0.481. The number of nitrogens with two attached hydrogens (primary N) is 1. The molecule has 2 N–H and O–H groups in total. The molecule has 0 aliphatic carbocycles. The van der Waals surface area contributed by atoms with Crippen molar-refractivity contribution in [2.75, 3.05) is 6.54 Å². The van der Waals surface area contributed by atoms with Gasteiger partial charge in [0.2, 0.25) is 0 Å². The molecule has 0 aromatic carbocycles. The van der Waals surface area contributed by atoms with Crippen LogP contribution in [0.25, 0.3) is 0 Å². The summed E-state index contributed by atoms with van der Waals surface area (Å²) < 4.78 is 1.93. The fraction of sp³-hybridized carbons (Fsp3) is 0.778. The molecule has 1 aromatic heterocycles. The second-order valence-corrected chi connectivity index (χ2v) is 3.21. The van der Waals surface area contributed by atoms with E-state index in [1.54, 1.807) is 6.33 Å². The van der Waals surface area contributed by atoms with Gasteiger partial charge < -0.3 is 5.73 Å². The molecule has 1 aromatic rings. The van der Waals surface area contributed by atoms with Gasteiger partial charge in [0.25, 0.3) is 0 Å². The van der Waals surface area contributed by atoms with Gasteiger partial charge in [-0.05, 0) is 19.4 Å². The van der Waals surface area contributed by atoms with E-state index in [2.05, 4.69) is 23.9 Å². The topological polar surface area (TPSA) is 56.7 Å². The summed E-state index contributed by atoms with van der Waals surface area (Å²) >= 11 is 0. The van der Waals surface area contributed by atoms with E-state index in [0.717, 1.165) is 31.8 Å². The predicted octanol–water partition coefficient (Wildman–Crippen LogP) is 0.825. The van der Waals surface area contributed by atoms with Gasteiger partial charge in [-0.2, -0.15) is 5.10 Å². The van der Waals surface area contributed by atoms with Crippen LogP contribution in [-0.2, 0) is 13.0 Å². The summed E-state index contributed by atoms with van der Waals surface area (Å²) in [6, 6.07) is 0. The molecule has 0 aliphatic heterocycles. The number of hydrogen-bond donors (Lipinski definition) is 1. The molecule has 0 radical (unpaired) electrons. The normalized spacial score (nSPS) is 13.2. The van der Waals surface area contributed by atoms with Crippen molar-refractivity contribution < 1.29 is 0 Å². The first-order valence-electron chi connectivity index (χ1n) is 4.88. The van der Waals surface area contributed by atoms with E-state index in [1.807, 2.05) is 4.68 Å². The zero-order chi connectivity index (χ0) is 9.68. The Hall–Kier alpha value is -0.900. The summed E-state index contributed by atoms with van der Waals surface area (Å²) in [6.45, 7) is 5.84. The second kappa shape index (κ2) is 4.97. The van der Waals surface area contributed by atoms with Gasteiger partial charge in [-0.15, -0.1) is 0 Å². The first kappa shape index (κ1) is 10.2. The Bertz CT molecular complexity index is 240. The van der Waals surface area contributed by atoms with Gasteiger partial charge in [0.05, 0.1) is 0 Å². The number of aromatic nitrogens is 3. The maximum absolute atomic E-state index is 5.63. The van der Waals surface area contributed by atoms with Crippen molar-refractivity contribution in [3.8, 4) is 0 Å². The van der Waals surface area contributed by atoms with Crippen molar-refractivity contribution in [3.05, 3.63) is 12.2 Å². The van der Waals surface area contributed by atoms with Crippen LogP contribution < -0.4 is 5.73 Å². The highest BCUT2D eigenvalue weighted by molar-refractivity contribution is 4.87. The average molecular weight is 182 g/mol. The molecule has 0 saturated heterocycles. The van der Waals surface area contributed by atoms with E-state index in [4.69, 9.17) is 5.73 Å². The van der Waals surface area contributed by atoms with Gasteiger partial charge in [0.1, 0.15) is 12.2 Å². The molecule has 1 heterocycles. The Morgan fingerprint density at radius 3 is 2.85 bits per heavy atom. The van der Waals surface area contributed by atoms with Crippen LogP contribution in [0.5, 0.6) is 0 Å². The zero-order valence-electron chi connectivity index (χ0n) is 8.40. The van der Waals surface area contributed by atoms with Gasteiger partial charge in [-0.3, -0.25) is 4.68 Å². The number of nitrogens with zero attached hydrogens (tertiary/aromatic N) is 3. The first-order valence-corrected chi connectivity index (χ1v) is 4.88. The number of aryl methyl sites for hydroxylation is 1. The van der Waals surface area contributed by atoms with Crippen molar-refractivity contribution in [1.82, 2.24) is 14.8 Å². The highest BCUT2D eigenvalue weighted by Crippen LogP contribution is 2.08. The summed E-state index contributed by atoms with van der Waals surface area (Å²) in [5.41, 5.74) is 5.63. The molecule has 13 heavy (non-hydrogen) atoms. The zero-order valence-corrected chi connectivity index (χ0v) is 8.40.